The number of rotatable bonds is 2. The Bertz CT molecular complexity index is 1450. The van der Waals surface area contributed by atoms with Crippen molar-refractivity contribution >= 4 is 29.3 Å². The zero-order chi connectivity index (χ0) is 25.9. The average molecular weight is 540 g/mol. The molecule has 1 N–H and O–H groups in total. The number of hydrogen-bond donors (Lipinski definition) is 1. The molecule has 5 rings (SSSR count). The van der Waals surface area contributed by atoms with E-state index in [1.807, 2.05) is 6.07 Å². The average Bonchev–Trinajstić information content (AvgIpc) is 2.98. The van der Waals surface area contributed by atoms with Crippen LogP contribution in [0.15, 0.2) is 58.4 Å². The number of hydrogen-bond acceptors (Lipinski definition) is 5. The van der Waals surface area contributed by atoms with E-state index in [0.29, 0.717) is 31.7 Å². The topological polar surface area (TPSA) is 65.8 Å². The monoisotopic (exact) mass is 539 g/mol. The number of halogens is 5. The van der Waals surface area contributed by atoms with Crippen molar-refractivity contribution in [2.45, 2.75) is 35.8 Å². The molecular weight excluding hydrogens is 522 g/mol. The lowest BCUT2D eigenvalue weighted by Gasteiger charge is -2.46. The van der Waals surface area contributed by atoms with Gasteiger partial charge in [-0.3, -0.25) is 19.3 Å². The van der Waals surface area contributed by atoms with Crippen LogP contribution >= 0.6 is 23.4 Å². The van der Waals surface area contributed by atoms with E-state index in [2.05, 4.69) is 0 Å². The Morgan fingerprint density at radius 2 is 1.92 bits per heavy atom. The molecule has 3 heterocycles. The molecule has 0 unspecified atom stereocenters. The summed E-state index contributed by atoms with van der Waals surface area (Å²) < 4.78 is 56.7. The van der Waals surface area contributed by atoms with Crippen LogP contribution in [-0.4, -0.2) is 39.5 Å². The van der Waals surface area contributed by atoms with Gasteiger partial charge in [0.1, 0.15) is 24.6 Å². The van der Waals surface area contributed by atoms with E-state index in [4.69, 9.17) is 11.6 Å². The van der Waals surface area contributed by atoms with E-state index in [9.17, 15) is 32.3 Å². The van der Waals surface area contributed by atoms with E-state index in [-0.39, 0.29) is 0 Å². The maximum atomic E-state index is 14.2. The van der Waals surface area contributed by atoms with Gasteiger partial charge in [0.25, 0.3) is 5.91 Å². The molecule has 2 atom stereocenters. The van der Waals surface area contributed by atoms with Crippen molar-refractivity contribution in [2.75, 3.05) is 11.7 Å². The van der Waals surface area contributed by atoms with Gasteiger partial charge in [0.2, 0.25) is 5.43 Å². The van der Waals surface area contributed by atoms with Gasteiger partial charge >= 0.3 is 6.18 Å². The lowest BCUT2D eigenvalue weighted by atomic mass is 9.94. The highest BCUT2D eigenvalue weighted by atomic mass is 35.5. The second kappa shape index (κ2) is 8.74. The fraction of sp³-hybridized carbons (Fsp3) is 0.250. The normalized spacial score (nSPS) is 18.3. The van der Waals surface area contributed by atoms with Gasteiger partial charge in [-0.05, 0) is 36.2 Å². The van der Waals surface area contributed by atoms with Crippen molar-refractivity contribution in [2.24, 2.45) is 0 Å². The lowest BCUT2D eigenvalue weighted by Crippen LogP contribution is -2.60. The number of aromatic hydroxyl groups is 1. The van der Waals surface area contributed by atoms with Crippen LogP contribution in [0.2, 0.25) is 5.02 Å². The van der Waals surface area contributed by atoms with Crippen molar-refractivity contribution in [3.63, 3.8) is 0 Å². The third-order valence-corrected chi connectivity index (χ3v) is 7.85. The fourth-order valence-electron chi connectivity index (χ4n) is 4.53. The molecule has 2 aliphatic rings. The van der Waals surface area contributed by atoms with Crippen LogP contribution in [0.25, 0.3) is 0 Å². The number of carbonyl (C=O) groups is 1. The van der Waals surface area contributed by atoms with Crippen LogP contribution in [0.3, 0.4) is 0 Å². The van der Waals surface area contributed by atoms with Gasteiger partial charge < -0.3 is 10.0 Å². The summed E-state index contributed by atoms with van der Waals surface area (Å²) in [7, 11) is 0. The number of thioether (sulfide) groups is 1. The summed E-state index contributed by atoms with van der Waals surface area (Å²) in [5, 5.41) is 12.3. The maximum absolute atomic E-state index is 14.2. The minimum absolute atomic E-state index is 0.328. The number of alkyl halides is 3. The van der Waals surface area contributed by atoms with E-state index in [1.165, 1.54) is 45.8 Å². The Hall–Kier alpha value is -3.18. The van der Waals surface area contributed by atoms with Crippen LogP contribution in [0.1, 0.15) is 40.1 Å². The van der Waals surface area contributed by atoms with Crippen molar-refractivity contribution in [1.29, 1.82) is 0 Å². The molecule has 0 radical (unpaired) electrons. The molecule has 0 fully saturated rings. The summed E-state index contributed by atoms with van der Waals surface area (Å²) in [6, 6.07) is 7.21. The predicted octanol–water partition coefficient (Wildman–Crippen LogP) is 5.04. The molecule has 36 heavy (non-hydrogen) atoms. The maximum Gasteiger partial charge on any atom is 0.408 e. The second-order valence-corrected chi connectivity index (χ2v) is 9.91. The summed E-state index contributed by atoms with van der Waals surface area (Å²) >= 11 is 7.98. The first-order valence-electron chi connectivity index (χ1n) is 10.8. The number of nitrogens with zero attached hydrogens (tertiary/aromatic N) is 3. The third kappa shape index (κ3) is 3.90. The number of aromatic nitrogens is 1. The van der Waals surface area contributed by atoms with Crippen molar-refractivity contribution in [1.82, 2.24) is 9.58 Å². The molecule has 0 saturated heterocycles. The highest BCUT2D eigenvalue weighted by Crippen LogP contribution is 2.46. The first-order valence-corrected chi connectivity index (χ1v) is 12.1. The molecule has 2 aromatic carbocycles. The smallest absolute Gasteiger partial charge is 0.408 e. The zero-order valence-electron chi connectivity index (χ0n) is 18.6. The van der Waals surface area contributed by atoms with Crippen LogP contribution in [0, 0.1) is 5.82 Å². The Morgan fingerprint density at radius 3 is 2.64 bits per heavy atom. The molecule has 1 aromatic heterocycles. The molecule has 0 aliphatic carbocycles. The van der Waals surface area contributed by atoms with Gasteiger partial charge in [0.15, 0.2) is 11.4 Å². The summed E-state index contributed by atoms with van der Waals surface area (Å²) in [6.45, 7) is 0.280. The lowest BCUT2D eigenvalue weighted by molar-refractivity contribution is -0.173. The Kier molecular flexibility index (Phi) is 5.95. The number of amides is 1. The van der Waals surface area contributed by atoms with Gasteiger partial charge in [0.05, 0.1) is 0 Å². The predicted molar refractivity (Wildman–Crippen MR) is 126 cm³/mol. The van der Waals surface area contributed by atoms with Crippen LogP contribution in [-0.2, 0) is 5.75 Å². The third-order valence-electron chi connectivity index (χ3n) is 6.40. The second-order valence-electron chi connectivity index (χ2n) is 8.48. The van der Waals surface area contributed by atoms with E-state index in [1.54, 1.807) is 12.1 Å². The minimum atomic E-state index is -4.77. The van der Waals surface area contributed by atoms with Gasteiger partial charge in [-0.25, -0.2) is 4.39 Å². The number of carbonyl (C=O) groups excluding carboxylic acids is 1. The summed E-state index contributed by atoms with van der Waals surface area (Å²) in [6.07, 6.45) is -3.55. The molecule has 0 spiro atoms. The molecule has 6 nitrogen and oxygen atoms in total. The van der Waals surface area contributed by atoms with Gasteiger partial charge in [-0.2, -0.15) is 13.2 Å². The SMILES string of the molecule is C[C@@H](N1CN([C@@H]2c3ccc(F)cc3SCc3cccc(Cl)c32)n2ccc(=O)c(O)c2C1=O)C(F)(F)F. The van der Waals surface area contributed by atoms with Crippen molar-refractivity contribution in [3.8, 4) is 5.75 Å². The highest BCUT2D eigenvalue weighted by molar-refractivity contribution is 7.98. The Labute approximate surface area is 211 Å². The molecule has 0 saturated carbocycles. The van der Waals surface area contributed by atoms with Crippen LogP contribution < -0.4 is 10.4 Å². The Morgan fingerprint density at radius 1 is 1.17 bits per heavy atom. The molecule has 1 amide bonds. The van der Waals surface area contributed by atoms with Gasteiger partial charge in [-0.15, -0.1) is 11.8 Å². The first kappa shape index (κ1) is 24.5. The van der Waals surface area contributed by atoms with Crippen LogP contribution in [0.5, 0.6) is 5.75 Å². The molecular formula is C24H18ClF4N3O3S. The molecule has 12 heteroatoms. The molecule has 3 aromatic rings. The molecule has 188 valence electrons. The number of benzene rings is 2. The Balaban J connectivity index is 1.81. The minimum Gasteiger partial charge on any atom is -0.502 e. The van der Waals surface area contributed by atoms with E-state index < -0.39 is 53.5 Å². The quantitative estimate of drug-likeness (QED) is 0.462. The van der Waals surface area contributed by atoms with E-state index in [0.717, 1.165) is 18.6 Å². The van der Waals surface area contributed by atoms with Crippen molar-refractivity contribution in [3.05, 3.63) is 92.1 Å². The highest BCUT2D eigenvalue weighted by Gasteiger charge is 2.47. The number of fused-ring (bicyclic) bond motifs is 3. The number of pyridine rings is 1. The molecule has 0 bridgehead atoms. The molecule has 2 aliphatic heterocycles. The summed E-state index contributed by atoms with van der Waals surface area (Å²) in [5.41, 5.74) is 0.377. The van der Waals surface area contributed by atoms with Crippen molar-refractivity contribution < 1.29 is 27.5 Å². The summed E-state index contributed by atoms with van der Waals surface area (Å²) in [5.74, 6) is -2.18. The zero-order valence-corrected chi connectivity index (χ0v) is 20.2. The largest absolute Gasteiger partial charge is 0.502 e. The fourth-order valence-corrected chi connectivity index (χ4v) is 5.93. The van der Waals surface area contributed by atoms with E-state index >= 15 is 0 Å². The summed E-state index contributed by atoms with van der Waals surface area (Å²) in [4.78, 5) is 26.5. The van der Waals surface area contributed by atoms with Gasteiger partial charge in [-0.1, -0.05) is 29.8 Å². The first-order chi connectivity index (χ1) is 17.0. The van der Waals surface area contributed by atoms with Gasteiger partial charge in [0, 0.05) is 33.5 Å². The standard InChI is InChI=1S/C24H18ClF4N3O3S/c1-12(24(27,28)29)30-11-32(31-8-7-17(33)22(34)21(31)23(30)35)20-15-6-5-14(26)9-18(15)36-10-13-3-2-4-16(25)19(13)20/h2-9,12,20,34H,10-11H2,1H3/t12-,20-/m1/s1. The van der Waals surface area contributed by atoms with Crippen LogP contribution in [0.4, 0.5) is 17.6 Å².